The minimum Gasteiger partial charge on any atom is -0.388 e. The molecular weight excluding hydrogens is 372 g/mol. The van der Waals surface area contributed by atoms with Gasteiger partial charge in [0, 0.05) is 70.6 Å². The normalized spacial score (nSPS) is 24.2. The maximum atomic E-state index is 12.8. The van der Waals surface area contributed by atoms with Crippen molar-refractivity contribution in [3.05, 3.63) is 34.2 Å². The van der Waals surface area contributed by atoms with E-state index in [1.807, 2.05) is 0 Å². The number of rotatable bonds is 4. The second-order valence-corrected chi connectivity index (χ2v) is 8.49. The van der Waals surface area contributed by atoms with Crippen LogP contribution in [-0.2, 0) is 11.8 Å². The van der Waals surface area contributed by atoms with E-state index < -0.39 is 5.60 Å². The number of hydrogen-bond donors (Lipinski definition) is 2. The topological polar surface area (TPSA) is 94.9 Å². The fourth-order valence-electron chi connectivity index (χ4n) is 4.34. The van der Waals surface area contributed by atoms with Crippen molar-refractivity contribution >= 4 is 11.8 Å². The van der Waals surface area contributed by atoms with Crippen LogP contribution in [0.15, 0.2) is 23.1 Å². The molecule has 1 atom stereocenters. The largest absolute Gasteiger partial charge is 0.388 e. The summed E-state index contributed by atoms with van der Waals surface area (Å²) in [6, 6.07) is 3.26. The fourth-order valence-corrected chi connectivity index (χ4v) is 4.34. The van der Waals surface area contributed by atoms with E-state index in [-0.39, 0.29) is 23.4 Å². The maximum absolute atomic E-state index is 12.8. The van der Waals surface area contributed by atoms with Crippen LogP contribution in [0.3, 0.4) is 0 Å². The third-order valence-electron chi connectivity index (χ3n) is 6.07. The van der Waals surface area contributed by atoms with Crippen LogP contribution in [0.1, 0.15) is 49.4 Å². The van der Waals surface area contributed by atoms with Crippen molar-refractivity contribution in [1.29, 1.82) is 0 Å². The quantitative estimate of drug-likeness (QED) is 0.755. The Morgan fingerprint density at radius 2 is 1.93 bits per heavy atom. The van der Waals surface area contributed by atoms with Crippen LogP contribution in [0, 0.1) is 0 Å². The Balaban J connectivity index is 1.54. The Labute approximate surface area is 171 Å². The molecule has 2 N–H and O–H groups in total. The predicted molar refractivity (Wildman–Crippen MR) is 110 cm³/mol. The first kappa shape index (κ1) is 21.5. The van der Waals surface area contributed by atoms with Gasteiger partial charge in [-0.3, -0.25) is 14.4 Å². The highest BCUT2D eigenvalue weighted by Crippen LogP contribution is 2.26. The lowest BCUT2D eigenvalue weighted by Gasteiger charge is -2.38. The summed E-state index contributed by atoms with van der Waals surface area (Å²) >= 11 is 0. The molecule has 0 bridgehead atoms. The number of aliphatic hydroxyl groups is 1. The number of piperidine rings is 1. The van der Waals surface area contributed by atoms with Crippen LogP contribution in [0.4, 0.5) is 0 Å². The molecule has 0 aliphatic carbocycles. The molecule has 2 saturated heterocycles. The van der Waals surface area contributed by atoms with E-state index in [0.29, 0.717) is 38.0 Å². The minimum atomic E-state index is -0.817. The summed E-state index contributed by atoms with van der Waals surface area (Å²) in [7, 11) is 1.65. The zero-order chi connectivity index (χ0) is 21.0. The second kappa shape index (κ2) is 9.09. The van der Waals surface area contributed by atoms with Crippen LogP contribution in [0.5, 0.6) is 0 Å². The molecule has 1 aromatic rings. The molecule has 2 amide bonds. The third-order valence-corrected chi connectivity index (χ3v) is 6.07. The van der Waals surface area contributed by atoms with Gasteiger partial charge in [0.05, 0.1) is 5.60 Å². The molecule has 1 unspecified atom stereocenters. The van der Waals surface area contributed by atoms with E-state index in [9.17, 15) is 19.5 Å². The fraction of sp³-hybridized carbons (Fsp3) is 0.667. The van der Waals surface area contributed by atoms with Crippen molar-refractivity contribution in [2.45, 2.75) is 50.7 Å². The number of pyridine rings is 1. The average molecular weight is 405 g/mol. The SMILES string of the molecule is CC(=O)NC1CCN(CC2(O)CCCN(C(=O)c3ccn(C)c(=O)c3)CC2)CC1. The molecule has 160 valence electrons. The number of hydrogen-bond acceptors (Lipinski definition) is 5. The summed E-state index contributed by atoms with van der Waals surface area (Å²) in [5.74, 6) is -0.144. The van der Waals surface area contributed by atoms with Gasteiger partial charge in [0.1, 0.15) is 0 Å². The van der Waals surface area contributed by atoms with E-state index in [1.54, 1.807) is 31.1 Å². The van der Waals surface area contributed by atoms with Crippen molar-refractivity contribution in [3.63, 3.8) is 0 Å². The van der Waals surface area contributed by atoms with Crippen LogP contribution < -0.4 is 10.9 Å². The highest BCUT2D eigenvalue weighted by molar-refractivity contribution is 5.94. The van der Waals surface area contributed by atoms with Gasteiger partial charge in [-0.2, -0.15) is 0 Å². The summed E-state index contributed by atoms with van der Waals surface area (Å²) in [5.41, 5.74) is -0.619. The maximum Gasteiger partial charge on any atom is 0.254 e. The molecule has 0 spiro atoms. The Morgan fingerprint density at radius 1 is 1.21 bits per heavy atom. The summed E-state index contributed by atoms with van der Waals surface area (Å²) in [5, 5.41) is 14.1. The highest BCUT2D eigenvalue weighted by atomic mass is 16.3. The van der Waals surface area contributed by atoms with Gasteiger partial charge in [-0.1, -0.05) is 0 Å². The van der Waals surface area contributed by atoms with E-state index in [4.69, 9.17) is 0 Å². The van der Waals surface area contributed by atoms with Crippen molar-refractivity contribution < 1.29 is 14.7 Å². The second-order valence-electron chi connectivity index (χ2n) is 8.49. The summed E-state index contributed by atoms with van der Waals surface area (Å²) < 4.78 is 1.44. The molecule has 29 heavy (non-hydrogen) atoms. The smallest absolute Gasteiger partial charge is 0.254 e. The molecular formula is C21H32N4O4. The number of nitrogens with one attached hydrogen (secondary N) is 1. The first-order valence-corrected chi connectivity index (χ1v) is 10.4. The first-order chi connectivity index (χ1) is 13.8. The lowest BCUT2D eigenvalue weighted by Crippen LogP contribution is -2.50. The van der Waals surface area contributed by atoms with Crippen molar-refractivity contribution in [2.24, 2.45) is 7.05 Å². The molecule has 2 aliphatic rings. The van der Waals surface area contributed by atoms with Gasteiger partial charge in [0.2, 0.25) is 5.91 Å². The predicted octanol–water partition coefficient (Wildman–Crippen LogP) is 0.343. The number of amides is 2. The van der Waals surface area contributed by atoms with E-state index in [1.165, 1.54) is 10.6 Å². The van der Waals surface area contributed by atoms with Gasteiger partial charge in [-0.05, 0) is 38.2 Å². The van der Waals surface area contributed by atoms with E-state index >= 15 is 0 Å². The zero-order valence-corrected chi connectivity index (χ0v) is 17.4. The molecule has 3 heterocycles. The molecule has 3 rings (SSSR count). The van der Waals surface area contributed by atoms with E-state index in [0.717, 1.165) is 32.4 Å². The van der Waals surface area contributed by atoms with Crippen LogP contribution >= 0.6 is 0 Å². The Bertz CT molecular complexity index is 800. The van der Waals surface area contributed by atoms with Gasteiger partial charge >= 0.3 is 0 Å². The third kappa shape index (κ3) is 5.67. The number of nitrogens with zero attached hydrogens (tertiary/aromatic N) is 3. The van der Waals surface area contributed by atoms with Crippen molar-refractivity contribution in [1.82, 2.24) is 19.7 Å². The Hall–Kier alpha value is -2.19. The van der Waals surface area contributed by atoms with Crippen molar-refractivity contribution in [3.8, 4) is 0 Å². The van der Waals surface area contributed by atoms with Crippen LogP contribution in [0.2, 0.25) is 0 Å². The Kier molecular flexibility index (Phi) is 6.74. The minimum absolute atomic E-state index is 0.00637. The van der Waals surface area contributed by atoms with Gasteiger partial charge in [-0.25, -0.2) is 0 Å². The highest BCUT2D eigenvalue weighted by Gasteiger charge is 2.34. The molecule has 2 aliphatic heterocycles. The van der Waals surface area contributed by atoms with Crippen LogP contribution in [0.25, 0.3) is 0 Å². The van der Waals surface area contributed by atoms with Crippen LogP contribution in [-0.4, -0.2) is 75.7 Å². The first-order valence-electron chi connectivity index (χ1n) is 10.4. The van der Waals surface area contributed by atoms with Gasteiger partial charge in [-0.15, -0.1) is 0 Å². The molecule has 0 radical (unpaired) electrons. The number of aromatic nitrogens is 1. The number of carbonyl (C=O) groups excluding carboxylic acids is 2. The number of carbonyl (C=O) groups is 2. The lowest BCUT2D eigenvalue weighted by molar-refractivity contribution is -0.120. The molecule has 1 aromatic heterocycles. The molecule has 8 nitrogen and oxygen atoms in total. The monoisotopic (exact) mass is 404 g/mol. The van der Waals surface area contributed by atoms with Gasteiger partial charge < -0.3 is 24.8 Å². The number of β-amino-alcohol motifs (C(OH)–C–C–N with tert-alkyl or cyclic N) is 1. The molecule has 8 heteroatoms. The zero-order valence-electron chi connectivity index (χ0n) is 17.4. The van der Waals surface area contributed by atoms with Crippen molar-refractivity contribution in [2.75, 3.05) is 32.7 Å². The standard InChI is InChI=1S/C21H32N4O4/c1-16(26)22-18-5-11-24(12-6-18)15-21(29)7-3-9-25(13-8-21)20(28)17-4-10-23(2)19(27)14-17/h4,10,14,18,29H,3,5-9,11-13,15H2,1-2H3,(H,22,26). The van der Waals surface area contributed by atoms with Gasteiger partial charge in [0.25, 0.3) is 11.5 Å². The van der Waals surface area contributed by atoms with Gasteiger partial charge in [0.15, 0.2) is 0 Å². The summed E-state index contributed by atoms with van der Waals surface area (Å²) in [6.07, 6.45) is 5.30. The summed E-state index contributed by atoms with van der Waals surface area (Å²) in [6.45, 7) is 4.90. The lowest BCUT2D eigenvalue weighted by atomic mass is 9.93. The molecule has 0 saturated carbocycles. The molecule has 0 aromatic carbocycles. The Morgan fingerprint density at radius 3 is 2.59 bits per heavy atom. The summed E-state index contributed by atoms with van der Waals surface area (Å²) in [4.78, 5) is 39.8. The average Bonchev–Trinajstić information content (AvgIpc) is 2.86. The number of aryl methyl sites for hydroxylation is 1. The van der Waals surface area contributed by atoms with E-state index in [2.05, 4.69) is 10.2 Å². The molecule has 2 fully saturated rings. The number of likely N-dealkylation sites (tertiary alicyclic amines) is 2.